The topological polar surface area (TPSA) is 82.7 Å². The van der Waals surface area contributed by atoms with E-state index in [9.17, 15) is 4.79 Å². The van der Waals surface area contributed by atoms with E-state index in [4.69, 9.17) is 15.2 Å². The van der Waals surface area contributed by atoms with Gasteiger partial charge in [-0.1, -0.05) is 5.16 Å². The molecule has 0 aromatic heterocycles. The first kappa shape index (κ1) is 10.4. The third-order valence-electron chi connectivity index (χ3n) is 0.969. The third kappa shape index (κ3) is 4.28. The Hall–Kier alpha value is -1.57. The summed E-state index contributed by atoms with van der Waals surface area (Å²) in [5.41, 5.74) is -0.970. The van der Waals surface area contributed by atoms with E-state index < -0.39 is 11.6 Å². The van der Waals surface area contributed by atoms with Crippen molar-refractivity contribution in [1.82, 2.24) is 0 Å². The minimum Gasteiger partial charge on any atom is -0.453 e. The van der Waals surface area contributed by atoms with Crippen molar-refractivity contribution in [3.05, 3.63) is 0 Å². The highest BCUT2D eigenvalue weighted by atomic mass is 16.6. The Morgan fingerprint density at radius 2 is 2.42 bits per heavy atom. The van der Waals surface area contributed by atoms with Crippen molar-refractivity contribution in [2.24, 2.45) is 5.16 Å². The van der Waals surface area contributed by atoms with Gasteiger partial charge >= 0.3 is 5.97 Å². The van der Waals surface area contributed by atoms with Gasteiger partial charge in [-0.2, -0.15) is 5.26 Å². The average Bonchev–Trinajstić information content (AvgIpc) is 1.85. The van der Waals surface area contributed by atoms with Gasteiger partial charge in [0.2, 0.25) is 0 Å². The van der Waals surface area contributed by atoms with Gasteiger partial charge in [-0.15, -0.1) is 0 Å². The van der Waals surface area contributed by atoms with Crippen molar-refractivity contribution in [1.29, 1.82) is 5.26 Å². The fraction of sp³-hybridized carbons (Fsp3) is 0.571. The maximum absolute atomic E-state index is 10.7. The van der Waals surface area contributed by atoms with Gasteiger partial charge in [0.15, 0.2) is 0 Å². The Morgan fingerprint density at radius 1 is 1.83 bits per heavy atom. The molecule has 0 bridgehead atoms. The van der Waals surface area contributed by atoms with Gasteiger partial charge in [-0.05, 0) is 13.8 Å². The highest BCUT2D eigenvalue weighted by Crippen LogP contribution is 2.06. The van der Waals surface area contributed by atoms with Crippen LogP contribution in [0, 0.1) is 11.3 Å². The molecule has 0 atom stereocenters. The second-order valence-corrected chi connectivity index (χ2v) is 2.66. The third-order valence-corrected chi connectivity index (χ3v) is 0.969. The maximum atomic E-state index is 10.7. The van der Waals surface area contributed by atoms with Gasteiger partial charge < -0.3 is 9.94 Å². The molecule has 0 saturated carbocycles. The second-order valence-electron chi connectivity index (χ2n) is 2.66. The summed E-state index contributed by atoms with van der Waals surface area (Å²) in [6.45, 7) is 3.09. The standard InChI is InChI=1S/C7H10N2O3/c1-7(2,5-9-11)12-6(10)3-4-8/h5,11H,3H2,1-2H3/b9-5+. The van der Waals surface area contributed by atoms with E-state index >= 15 is 0 Å². The lowest BCUT2D eigenvalue weighted by atomic mass is 10.2. The van der Waals surface area contributed by atoms with Crippen LogP contribution >= 0.6 is 0 Å². The molecule has 0 aliphatic heterocycles. The number of ether oxygens (including phenoxy) is 1. The highest BCUT2D eigenvalue weighted by molar-refractivity contribution is 5.77. The number of oxime groups is 1. The molecule has 0 heterocycles. The molecule has 5 nitrogen and oxygen atoms in total. The first-order chi connectivity index (χ1) is 5.52. The molecule has 12 heavy (non-hydrogen) atoms. The Morgan fingerprint density at radius 3 is 2.83 bits per heavy atom. The van der Waals surface area contributed by atoms with Crippen molar-refractivity contribution >= 4 is 12.2 Å². The lowest BCUT2D eigenvalue weighted by molar-refractivity contribution is -0.149. The molecule has 0 aliphatic rings. The van der Waals surface area contributed by atoms with Gasteiger partial charge in [0.25, 0.3) is 0 Å². The van der Waals surface area contributed by atoms with Crippen LogP contribution in [0.25, 0.3) is 0 Å². The summed E-state index contributed by atoms with van der Waals surface area (Å²) in [6.07, 6.45) is 0.769. The largest absolute Gasteiger partial charge is 0.453 e. The zero-order valence-electron chi connectivity index (χ0n) is 6.94. The Labute approximate surface area is 70.2 Å². The molecule has 1 N–H and O–H groups in total. The summed E-state index contributed by atoms with van der Waals surface area (Å²) in [5.74, 6) is -0.637. The lowest BCUT2D eigenvalue weighted by Gasteiger charge is -2.18. The molecule has 0 spiro atoms. The fourth-order valence-corrected chi connectivity index (χ4v) is 0.559. The molecule has 0 unspecified atom stereocenters. The van der Waals surface area contributed by atoms with E-state index in [1.807, 2.05) is 0 Å². The average molecular weight is 170 g/mol. The fourth-order valence-electron chi connectivity index (χ4n) is 0.559. The molecule has 66 valence electrons. The first-order valence-corrected chi connectivity index (χ1v) is 3.29. The molecule has 0 saturated heterocycles. The van der Waals surface area contributed by atoms with Gasteiger partial charge in [-0.25, -0.2) is 0 Å². The molecule has 0 fully saturated rings. The summed E-state index contributed by atoms with van der Waals surface area (Å²) in [7, 11) is 0. The number of nitriles is 1. The number of hydrogen-bond donors (Lipinski definition) is 1. The predicted octanol–water partition coefficient (Wildman–Crippen LogP) is 0.682. The minimum absolute atomic E-state index is 0.303. The van der Waals surface area contributed by atoms with Crippen LogP contribution in [0.2, 0.25) is 0 Å². The summed E-state index contributed by atoms with van der Waals surface area (Å²) >= 11 is 0. The van der Waals surface area contributed by atoms with Crippen LogP contribution < -0.4 is 0 Å². The van der Waals surface area contributed by atoms with Gasteiger partial charge in [0, 0.05) is 0 Å². The zero-order chi connectivity index (χ0) is 9.61. The number of carbonyl (C=O) groups excluding carboxylic acids is 1. The summed E-state index contributed by atoms with van der Waals surface area (Å²) < 4.78 is 4.75. The second kappa shape index (κ2) is 4.34. The normalized spacial score (nSPS) is 11.1. The minimum atomic E-state index is -0.970. The molecule has 0 rings (SSSR count). The number of esters is 1. The van der Waals surface area contributed by atoms with Crippen molar-refractivity contribution in [2.75, 3.05) is 0 Å². The SMILES string of the molecule is CC(C)(/C=N/O)OC(=O)CC#N. The van der Waals surface area contributed by atoms with Crippen LogP contribution in [0.5, 0.6) is 0 Å². The number of carbonyl (C=O) groups is 1. The molecule has 0 aromatic rings. The van der Waals surface area contributed by atoms with Crippen molar-refractivity contribution in [3.63, 3.8) is 0 Å². The molecule has 0 radical (unpaired) electrons. The summed E-state index contributed by atoms with van der Waals surface area (Å²) in [4.78, 5) is 10.7. The van der Waals surface area contributed by atoms with Gasteiger partial charge in [0.1, 0.15) is 12.0 Å². The van der Waals surface area contributed by atoms with Crippen LogP contribution in [0.3, 0.4) is 0 Å². The zero-order valence-corrected chi connectivity index (χ0v) is 6.94. The van der Waals surface area contributed by atoms with Crippen LogP contribution in [-0.2, 0) is 9.53 Å². The van der Waals surface area contributed by atoms with E-state index in [0.29, 0.717) is 0 Å². The smallest absolute Gasteiger partial charge is 0.321 e. The van der Waals surface area contributed by atoms with Crippen molar-refractivity contribution in [3.8, 4) is 6.07 Å². The van der Waals surface area contributed by atoms with Crippen molar-refractivity contribution < 1.29 is 14.7 Å². The van der Waals surface area contributed by atoms with E-state index in [1.165, 1.54) is 0 Å². The lowest BCUT2D eigenvalue weighted by Crippen LogP contribution is -2.29. The van der Waals surface area contributed by atoms with Gasteiger partial charge in [0.05, 0.1) is 12.3 Å². The monoisotopic (exact) mass is 170 g/mol. The Bertz CT molecular complexity index is 227. The molecule has 0 aliphatic carbocycles. The molecular weight excluding hydrogens is 160 g/mol. The molecular formula is C7H10N2O3. The van der Waals surface area contributed by atoms with E-state index in [0.717, 1.165) is 6.21 Å². The van der Waals surface area contributed by atoms with E-state index in [1.54, 1.807) is 19.9 Å². The van der Waals surface area contributed by atoms with Crippen LogP contribution in [-0.4, -0.2) is 23.0 Å². The number of rotatable bonds is 3. The predicted molar refractivity (Wildman–Crippen MR) is 40.7 cm³/mol. The highest BCUT2D eigenvalue weighted by Gasteiger charge is 2.20. The van der Waals surface area contributed by atoms with Crippen LogP contribution in [0.1, 0.15) is 20.3 Å². The summed E-state index contributed by atoms with van der Waals surface area (Å²) in [6, 6.07) is 1.65. The summed E-state index contributed by atoms with van der Waals surface area (Å²) in [5, 5.41) is 19.0. The molecule has 0 amide bonds. The maximum Gasteiger partial charge on any atom is 0.321 e. The van der Waals surface area contributed by atoms with Crippen LogP contribution in [0.15, 0.2) is 5.16 Å². The van der Waals surface area contributed by atoms with Crippen molar-refractivity contribution in [2.45, 2.75) is 25.9 Å². The van der Waals surface area contributed by atoms with E-state index in [2.05, 4.69) is 5.16 Å². The molecule has 0 aromatic carbocycles. The molecule has 5 heteroatoms. The van der Waals surface area contributed by atoms with Crippen LogP contribution in [0.4, 0.5) is 0 Å². The quantitative estimate of drug-likeness (QED) is 0.292. The van der Waals surface area contributed by atoms with E-state index in [-0.39, 0.29) is 6.42 Å². The number of hydrogen-bond acceptors (Lipinski definition) is 5. The Kier molecular flexibility index (Phi) is 3.77. The Balaban J connectivity index is 4.07. The van der Waals surface area contributed by atoms with Gasteiger partial charge in [-0.3, -0.25) is 4.79 Å². The number of nitrogens with zero attached hydrogens (tertiary/aromatic N) is 2. The first-order valence-electron chi connectivity index (χ1n) is 3.29.